The van der Waals surface area contributed by atoms with Gasteiger partial charge in [0.05, 0.1) is 17.6 Å². The maximum Gasteiger partial charge on any atom is 0.339 e. The molecule has 0 atom stereocenters. The van der Waals surface area contributed by atoms with Gasteiger partial charge < -0.3 is 9.84 Å². The SMILES string of the molecule is CCCN(CC(=O)O)S(=O)(=O)c1ccc(Cl)cc1C(=O)OC. The Kier molecular flexibility index (Phi) is 6.34. The summed E-state index contributed by atoms with van der Waals surface area (Å²) in [6.07, 6.45) is 0.424. The van der Waals surface area contributed by atoms with Crippen LogP contribution in [0.5, 0.6) is 0 Å². The number of aliphatic carboxylic acids is 1. The number of carboxylic acids is 1. The van der Waals surface area contributed by atoms with E-state index in [-0.39, 0.29) is 22.0 Å². The van der Waals surface area contributed by atoms with E-state index in [1.807, 2.05) is 0 Å². The van der Waals surface area contributed by atoms with Gasteiger partial charge in [-0.25, -0.2) is 13.2 Å². The fraction of sp³-hybridized carbons (Fsp3) is 0.385. The molecule has 0 radical (unpaired) electrons. The van der Waals surface area contributed by atoms with Gasteiger partial charge in [-0.1, -0.05) is 18.5 Å². The number of methoxy groups -OCH3 is 1. The van der Waals surface area contributed by atoms with Crippen LogP contribution in [0.15, 0.2) is 23.1 Å². The second-order valence-electron chi connectivity index (χ2n) is 4.36. The Morgan fingerprint density at radius 3 is 2.50 bits per heavy atom. The van der Waals surface area contributed by atoms with E-state index in [9.17, 15) is 18.0 Å². The van der Waals surface area contributed by atoms with Crippen molar-refractivity contribution in [3.8, 4) is 0 Å². The Hall–Kier alpha value is -1.64. The number of carboxylic acid groups (broad SMARTS) is 1. The summed E-state index contributed by atoms with van der Waals surface area (Å²) < 4.78 is 30.6. The molecule has 0 aromatic heterocycles. The van der Waals surface area contributed by atoms with Crippen molar-refractivity contribution in [2.24, 2.45) is 0 Å². The Morgan fingerprint density at radius 2 is 2.00 bits per heavy atom. The van der Waals surface area contributed by atoms with Gasteiger partial charge >= 0.3 is 11.9 Å². The zero-order valence-electron chi connectivity index (χ0n) is 12.1. The van der Waals surface area contributed by atoms with Gasteiger partial charge in [-0.3, -0.25) is 4.79 Å². The van der Waals surface area contributed by atoms with E-state index in [4.69, 9.17) is 16.7 Å². The van der Waals surface area contributed by atoms with Crippen LogP contribution in [0.1, 0.15) is 23.7 Å². The minimum absolute atomic E-state index is 0.0118. The van der Waals surface area contributed by atoms with E-state index in [0.29, 0.717) is 6.42 Å². The molecule has 0 amide bonds. The van der Waals surface area contributed by atoms with Gasteiger partial charge in [0, 0.05) is 11.6 Å². The third-order valence-electron chi connectivity index (χ3n) is 2.75. The second kappa shape index (κ2) is 7.57. The number of sulfonamides is 1. The van der Waals surface area contributed by atoms with Crippen molar-refractivity contribution in [3.05, 3.63) is 28.8 Å². The lowest BCUT2D eigenvalue weighted by Crippen LogP contribution is -2.37. The van der Waals surface area contributed by atoms with E-state index in [0.717, 1.165) is 17.5 Å². The number of rotatable bonds is 7. The first-order chi connectivity index (χ1) is 10.2. The van der Waals surface area contributed by atoms with Gasteiger partial charge in [-0.2, -0.15) is 4.31 Å². The average Bonchev–Trinajstić information content (AvgIpc) is 2.45. The summed E-state index contributed by atoms with van der Waals surface area (Å²) in [5.74, 6) is -2.15. The molecule has 1 aromatic carbocycles. The predicted octanol–water partition coefficient (Wildman–Crippen LogP) is 1.61. The van der Waals surface area contributed by atoms with Crippen molar-refractivity contribution >= 4 is 33.6 Å². The van der Waals surface area contributed by atoms with Gasteiger partial charge in [0.25, 0.3) is 0 Å². The fourth-order valence-electron chi connectivity index (χ4n) is 1.82. The number of ether oxygens (including phenoxy) is 1. The molecular weight excluding hydrogens is 334 g/mol. The monoisotopic (exact) mass is 349 g/mol. The minimum atomic E-state index is -4.17. The van der Waals surface area contributed by atoms with Gasteiger partial charge in [0.1, 0.15) is 6.54 Å². The molecule has 0 saturated carbocycles. The van der Waals surface area contributed by atoms with Crippen molar-refractivity contribution < 1.29 is 27.9 Å². The van der Waals surface area contributed by atoms with Gasteiger partial charge in [0.2, 0.25) is 10.0 Å². The number of hydrogen-bond donors (Lipinski definition) is 1. The second-order valence-corrected chi connectivity index (χ2v) is 6.71. The van der Waals surface area contributed by atoms with Gasteiger partial charge in [0.15, 0.2) is 0 Å². The number of benzene rings is 1. The van der Waals surface area contributed by atoms with Crippen LogP contribution in [-0.2, 0) is 19.6 Å². The predicted molar refractivity (Wildman–Crippen MR) is 79.5 cm³/mol. The topological polar surface area (TPSA) is 101 Å². The van der Waals surface area contributed by atoms with E-state index >= 15 is 0 Å². The molecule has 22 heavy (non-hydrogen) atoms. The molecule has 0 bridgehead atoms. The highest BCUT2D eigenvalue weighted by molar-refractivity contribution is 7.89. The van der Waals surface area contributed by atoms with Crippen molar-refractivity contribution in [1.82, 2.24) is 4.31 Å². The standard InChI is InChI=1S/C13H16ClNO6S/c1-3-6-15(8-12(16)17)22(19,20)11-5-4-9(14)7-10(11)13(18)21-2/h4-5,7H,3,6,8H2,1-2H3,(H,16,17). The number of halogens is 1. The molecule has 0 aliphatic rings. The molecule has 1 N–H and O–H groups in total. The van der Waals surface area contributed by atoms with Gasteiger partial charge in [-0.15, -0.1) is 0 Å². The van der Waals surface area contributed by atoms with Crippen LogP contribution >= 0.6 is 11.6 Å². The van der Waals surface area contributed by atoms with Crippen molar-refractivity contribution in [2.75, 3.05) is 20.2 Å². The van der Waals surface area contributed by atoms with E-state index in [1.54, 1.807) is 6.92 Å². The molecule has 0 fully saturated rings. The molecule has 9 heteroatoms. The lowest BCUT2D eigenvalue weighted by atomic mass is 10.2. The summed E-state index contributed by atoms with van der Waals surface area (Å²) in [6, 6.07) is 3.64. The van der Waals surface area contributed by atoms with Gasteiger partial charge in [-0.05, 0) is 24.6 Å². The first-order valence-electron chi connectivity index (χ1n) is 6.33. The quantitative estimate of drug-likeness (QED) is 0.750. The normalized spacial score (nSPS) is 11.5. The Morgan fingerprint density at radius 1 is 1.36 bits per heavy atom. The highest BCUT2D eigenvalue weighted by Gasteiger charge is 2.30. The first-order valence-corrected chi connectivity index (χ1v) is 8.15. The number of esters is 1. The molecule has 0 unspecified atom stereocenters. The third kappa shape index (κ3) is 4.19. The third-order valence-corrected chi connectivity index (χ3v) is 4.89. The zero-order valence-corrected chi connectivity index (χ0v) is 13.6. The van der Waals surface area contributed by atoms with Crippen LogP contribution in [0, 0.1) is 0 Å². The summed E-state index contributed by atoms with van der Waals surface area (Å²) in [5.41, 5.74) is -0.235. The molecule has 0 aliphatic carbocycles. The maximum atomic E-state index is 12.6. The first kappa shape index (κ1) is 18.4. The van der Waals surface area contributed by atoms with Crippen LogP contribution in [0.4, 0.5) is 0 Å². The van der Waals surface area contributed by atoms with Crippen LogP contribution in [0.3, 0.4) is 0 Å². The molecule has 0 spiro atoms. The highest BCUT2D eigenvalue weighted by Crippen LogP contribution is 2.24. The van der Waals surface area contributed by atoms with Crippen molar-refractivity contribution in [1.29, 1.82) is 0 Å². The maximum absolute atomic E-state index is 12.6. The van der Waals surface area contributed by atoms with Crippen molar-refractivity contribution in [2.45, 2.75) is 18.2 Å². The number of carbonyl (C=O) groups excluding carboxylic acids is 1. The summed E-state index contributed by atoms with van der Waals surface area (Å²) in [6.45, 7) is 1.03. The number of carbonyl (C=O) groups is 2. The molecule has 1 aromatic rings. The Bertz CT molecular complexity index is 673. The van der Waals surface area contributed by atoms with E-state index in [1.165, 1.54) is 12.1 Å². The number of hydrogen-bond acceptors (Lipinski definition) is 5. The summed E-state index contributed by atoms with van der Waals surface area (Å²) in [7, 11) is -3.06. The Labute approximate surface area is 133 Å². The lowest BCUT2D eigenvalue weighted by Gasteiger charge is -2.21. The molecule has 0 aliphatic heterocycles. The summed E-state index contributed by atoms with van der Waals surface area (Å²) >= 11 is 5.78. The fourth-order valence-corrected chi connectivity index (χ4v) is 3.63. The minimum Gasteiger partial charge on any atom is -0.480 e. The Balaban J connectivity index is 3.43. The number of nitrogens with zero attached hydrogens (tertiary/aromatic N) is 1. The largest absolute Gasteiger partial charge is 0.480 e. The van der Waals surface area contributed by atoms with Crippen LogP contribution in [0.2, 0.25) is 5.02 Å². The van der Waals surface area contributed by atoms with E-state index < -0.39 is 28.5 Å². The van der Waals surface area contributed by atoms with Crippen LogP contribution in [0.25, 0.3) is 0 Å². The summed E-state index contributed by atoms with van der Waals surface area (Å²) in [4.78, 5) is 22.3. The molecule has 122 valence electrons. The molecule has 0 saturated heterocycles. The summed E-state index contributed by atoms with van der Waals surface area (Å²) in [5, 5.41) is 9.04. The lowest BCUT2D eigenvalue weighted by molar-refractivity contribution is -0.137. The van der Waals surface area contributed by atoms with Crippen LogP contribution in [-0.4, -0.2) is 50.0 Å². The molecule has 0 heterocycles. The van der Waals surface area contributed by atoms with Crippen molar-refractivity contribution in [3.63, 3.8) is 0 Å². The smallest absolute Gasteiger partial charge is 0.339 e. The molecule has 7 nitrogen and oxygen atoms in total. The average molecular weight is 350 g/mol. The highest BCUT2D eigenvalue weighted by atomic mass is 35.5. The van der Waals surface area contributed by atoms with E-state index in [2.05, 4.69) is 4.74 Å². The van der Waals surface area contributed by atoms with Crippen LogP contribution < -0.4 is 0 Å². The molecular formula is C13H16ClNO6S. The molecule has 1 rings (SSSR count). The zero-order chi connectivity index (χ0) is 16.9.